The van der Waals surface area contributed by atoms with Crippen LogP contribution in [-0.4, -0.2) is 26.9 Å². The number of carbonyl (C=O) groups excluding carboxylic acids is 1. The summed E-state index contributed by atoms with van der Waals surface area (Å²) in [5.41, 5.74) is 2.59. The molecule has 1 aromatic heterocycles. The summed E-state index contributed by atoms with van der Waals surface area (Å²) in [7, 11) is 0. The van der Waals surface area contributed by atoms with Crippen molar-refractivity contribution in [2.75, 3.05) is 6.54 Å². The van der Waals surface area contributed by atoms with E-state index < -0.39 is 0 Å². The Morgan fingerprint density at radius 3 is 2.39 bits per heavy atom. The predicted octanol–water partition coefficient (Wildman–Crippen LogP) is 5.68. The molecular weight excluding hydrogens is 410 g/mol. The summed E-state index contributed by atoms with van der Waals surface area (Å²) >= 11 is 0. The van der Waals surface area contributed by atoms with E-state index in [1.807, 2.05) is 48.2 Å². The number of hydrogen-bond acceptors (Lipinski definition) is 3. The van der Waals surface area contributed by atoms with Gasteiger partial charge < -0.3 is 4.90 Å². The molecule has 1 unspecified atom stereocenters. The molecule has 174 valence electrons. The quantitative estimate of drug-likeness (QED) is 0.448. The van der Waals surface area contributed by atoms with Crippen molar-refractivity contribution < 1.29 is 4.79 Å². The molecule has 0 spiro atoms. The molecule has 0 saturated heterocycles. The topological polar surface area (TPSA) is 55.2 Å². The lowest BCUT2D eigenvalue weighted by Gasteiger charge is -2.36. The monoisotopic (exact) mass is 445 g/mol. The fraction of sp³-hybridized carbons (Fsp3) is 0.464. The van der Waals surface area contributed by atoms with Crippen LogP contribution in [0.1, 0.15) is 70.8 Å². The third-order valence-electron chi connectivity index (χ3n) is 6.93. The van der Waals surface area contributed by atoms with Crippen LogP contribution in [0.3, 0.4) is 0 Å². The molecule has 0 aliphatic heterocycles. The van der Waals surface area contributed by atoms with Crippen LogP contribution in [0.25, 0.3) is 16.6 Å². The van der Waals surface area contributed by atoms with E-state index in [0.29, 0.717) is 29.2 Å². The maximum Gasteiger partial charge on any atom is 0.266 e. The first-order valence-electron chi connectivity index (χ1n) is 12.3. The summed E-state index contributed by atoms with van der Waals surface area (Å²) < 4.78 is 1.71. The van der Waals surface area contributed by atoms with Crippen LogP contribution in [0.5, 0.6) is 0 Å². The number of nitrogens with zero attached hydrogens (tertiary/aromatic N) is 3. The lowest BCUT2D eigenvalue weighted by molar-refractivity contribution is -0.140. The van der Waals surface area contributed by atoms with Crippen LogP contribution in [0, 0.1) is 11.8 Å². The molecule has 1 aliphatic rings. The van der Waals surface area contributed by atoms with Gasteiger partial charge in [0, 0.05) is 12.5 Å². The summed E-state index contributed by atoms with van der Waals surface area (Å²) in [6.07, 6.45) is 4.89. The summed E-state index contributed by atoms with van der Waals surface area (Å²) in [6.45, 7) is 9.16. The van der Waals surface area contributed by atoms with E-state index in [9.17, 15) is 9.59 Å². The van der Waals surface area contributed by atoms with Gasteiger partial charge in [0.1, 0.15) is 5.82 Å². The Labute approximate surface area is 196 Å². The molecule has 2 aromatic carbocycles. The molecule has 4 rings (SSSR count). The van der Waals surface area contributed by atoms with Gasteiger partial charge in [-0.05, 0) is 68.4 Å². The number of hydrogen-bond donors (Lipinski definition) is 0. The number of rotatable bonds is 8. The Hall–Kier alpha value is -2.95. The van der Waals surface area contributed by atoms with Crippen molar-refractivity contribution >= 4 is 16.8 Å². The highest BCUT2D eigenvalue weighted by atomic mass is 16.2. The van der Waals surface area contributed by atoms with E-state index in [0.717, 1.165) is 37.8 Å². The Bertz CT molecular complexity index is 1180. The minimum Gasteiger partial charge on any atom is -0.333 e. The average molecular weight is 446 g/mol. The predicted molar refractivity (Wildman–Crippen MR) is 134 cm³/mol. The molecule has 1 aliphatic carbocycles. The van der Waals surface area contributed by atoms with Crippen LogP contribution in [0.2, 0.25) is 0 Å². The molecule has 1 saturated carbocycles. The normalized spacial score (nSPS) is 14.9. The van der Waals surface area contributed by atoms with E-state index in [4.69, 9.17) is 4.98 Å². The molecule has 0 radical (unpaired) electrons. The van der Waals surface area contributed by atoms with Gasteiger partial charge in [-0.25, -0.2) is 4.98 Å². The standard InChI is InChI=1S/C28H35N3O2/c1-5-21-13-15-23(16-14-21)31-26(29-25-12-7-6-11-24(25)28(31)33)20(4)30(18-17-19(2)3)27(32)22-9-8-10-22/h6-7,11-16,19-20,22H,5,8-10,17-18H2,1-4H3. The lowest BCUT2D eigenvalue weighted by atomic mass is 9.84. The van der Waals surface area contributed by atoms with Crippen LogP contribution < -0.4 is 5.56 Å². The molecule has 1 heterocycles. The van der Waals surface area contributed by atoms with Gasteiger partial charge in [0.15, 0.2) is 0 Å². The Kier molecular flexibility index (Phi) is 6.96. The van der Waals surface area contributed by atoms with Crippen LogP contribution in [0.15, 0.2) is 53.3 Å². The zero-order valence-corrected chi connectivity index (χ0v) is 20.3. The number of aryl methyl sites for hydroxylation is 1. The van der Waals surface area contributed by atoms with E-state index in [1.165, 1.54) is 5.56 Å². The maximum absolute atomic E-state index is 13.7. The summed E-state index contributed by atoms with van der Waals surface area (Å²) in [4.78, 5) is 34.1. The number of para-hydroxylation sites is 1. The van der Waals surface area contributed by atoms with Crippen molar-refractivity contribution in [2.24, 2.45) is 11.8 Å². The summed E-state index contributed by atoms with van der Waals surface area (Å²) in [6, 6.07) is 15.3. The third-order valence-corrected chi connectivity index (χ3v) is 6.93. The molecule has 0 bridgehead atoms. The van der Waals surface area contributed by atoms with E-state index in [1.54, 1.807) is 4.57 Å². The van der Waals surface area contributed by atoms with Crippen LogP contribution in [-0.2, 0) is 11.2 Å². The fourth-order valence-electron chi connectivity index (χ4n) is 4.48. The maximum atomic E-state index is 13.7. The first-order chi connectivity index (χ1) is 15.9. The molecule has 1 atom stereocenters. The zero-order valence-electron chi connectivity index (χ0n) is 20.3. The summed E-state index contributed by atoms with van der Waals surface area (Å²) in [5.74, 6) is 1.41. The Balaban J connectivity index is 1.85. The highest BCUT2D eigenvalue weighted by molar-refractivity contribution is 5.80. The largest absolute Gasteiger partial charge is 0.333 e. The highest BCUT2D eigenvalue weighted by Crippen LogP contribution is 2.32. The molecule has 1 fully saturated rings. The van der Waals surface area contributed by atoms with Crippen molar-refractivity contribution in [2.45, 2.75) is 65.8 Å². The molecule has 33 heavy (non-hydrogen) atoms. The third kappa shape index (κ3) is 4.73. The summed E-state index contributed by atoms with van der Waals surface area (Å²) in [5, 5.41) is 0.590. The second-order valence-electron chi connectivity index (χ2n) is 9.67. The number of amides is 1. The molecule has 5 nitrogen and oxygen atoms in total. The van der Waals surface area contributed by atoms with Gasteiger partial charge in [0.2, 0.25) is 5.91 Å². The molecule has 0 N–H and O–H groups in total. The van der Waals surface area contributed by atoms with Crippen molar-refractivity contribution in [1.29, 1.82) is 0 Å². The highest BCUT2D eigenvalue weighted by Gasteiger charge is 2.34. The van der Waals surface area contributed by atoms with Crippen molar-refractivity contribution in [3.8, 4) is 5.69 Å². The average Bonchev–Trinajstić information content (AvgIpc) is 2.78. The van der Waals surface area contributed by atoms with Gasteiger partial charge in [-0.2, -0.15) is 0 Å². The van der Waals surface area contributed by atoms with E-state index in [-0.39, 0.29) is 23.4 Å². The number of fused-ring (bicyclic) bond motifs is 1. The second kappa shape index (κ2) is 9.90. The minimum absolute atomic E-state index is 0.0911. The van der Waals surface area contributed by atoms with Gasteiger partial charge in [0.25, 0.3) is 5.56 Å². The van der Waals surface area contributed by atoms with Crippen LogP contribution in [0.4, 0.5) is 0 Å². The molecule has 5 heteroatoms. The molecule has 3 aromatic rings. The number of aromatic nitrogens is 2. The Morgan fingerprint density at radius 1 is 1.09 bits per heavy atom. The first kappa shape index (κ1) is 23.2. The van der Waals surface area contributed by atoms with Gasteiger partial charge >= 0.3 is 0 Å². The second-order valence-corrected chi connectivity index (χ2v) is 9.67. The smallest absolute Gasteiger partial charge is 0.266 e. The van der Waals surface area contributed by atoms with Crippen LogP contribution >= 0.6 is 0 Å². The van der Waals surface area contributed by atoms with E-state index >= 15 is 0 Å². The zero-order chi connectivity index (χ0) is 23.5. The van der Waals surface area contributed by atoms with Gasteiger partial charge in [-0.15, -0.1) is 0 Å². The van der Waals surface area contributed by atoms with Crippen molar-refractivity contribution in [1.82, 2.24) is 14.5 Å². The van der Waals surface area contributed by atoms with Crippen molar-refractivity contribution in [3.05, 3.63) is 70.3 Å². The number of benzene rings is 2. The Morgan fingerprint density at radius 2 is 1.79 bits per heavy atom. The first-order valence-corrected chi connectivity index (χ1v) is 12.3. The van der Waals surface area contributed by atoms with Crippen molar-refractivity contribution in [3.63, 3.8) is 0 Å². The SMILES string of the molecule is CCc1ccc(-n2c(C(C)N(CCC(C)C)C(=O)C3CCC3)nc3ccccc3c2=O)cc1. The molecule has 1 amide bonds. The molecular formula is C28H35N3O2. The van der Waals surface area contributed by atoms with Gasteiger partial charge in [-0.1, -0.05) is 51.5 Å². The fourth-order valence-corrected chi connectivity index (χ4v) is 4.48. The van der Waals surface area contributed by atoms with E-state index in [2.05, 4.69) is 32.9 Å². The number of carbonyl (C=O) groups is 1. The minimum atomic E-state index is -0.306. The lowest BCUT2D eigenvalue weighted by Crippen LogP contribution is -2.43. The van der Waals surface area contributed by atoms with Gasteiger partial charge in [-0.3, -0.25) is 14.2 Å². The van der Waals surface area contributed by atoms with Gasteiger partial charge in [0.05, 0.1) is 22.6 Å².